The Balaban J connectivity index is 2.90. The standard InChI is InChI=1S/C13H15F3O2/c1-12(2,3)11(13(14,15)16)18-10(17)9-7-5-4-6-8-9/h4-8,11H,1-3H3/t11-/m1/s1. The molecule has 0 aromatic heterocycles. The Morgan fingerprint density at radius 2 is 1.61 bits per heavy atom. The smallest absolute Gasteiger partial charge is 0.426 e. The highest BCUT2D eigenvalue weighted by atomic mass is 19.4. The van der Waals surface area contributed by atoms with Gasteiger partial charge < -0.3 is 4.74 Å². The SMILES string of the molecule is CC(C)(C)[C@@H](OC(=O)c1ccccc1)C(F)(F)F. The molecule has 0 radical (unpaired) electrons. The van der Waals surface area contributed by atoms with Crippen LogP contribution in [0.1, 0.15) is 31.1 Å². The molecule has 0 aliphatic heterocycles. The van der Waals surface area contributed by atoms with Crippen molar-refractivity contribution in [3.63, 3.8) is 0 Å². The van der Waals surface area contributed by atoms with Gasteiger partial charge in [-0.25, -0.2) is 4.79 Å². The summed E-state index contributed by atoms with van der Waals surface area (Å²) in [5, 5.41) is 0. The van der Waals surface area contributed by atoms with Gasteiger partial charge in [0.1, 0.15) is 0 Å². The first-order chi connectivity index (χ1) is 8.12. The van der Waals surface area contributed by atoms with Gasteiger partial charge in [-0.05, 0) is 12.1 Å². The van der Waals surface area contributed by atoms with Gasteiger partial charge in [0.05, 0.1) is 5.56 Å². The third kappa shape index (κ3) is 3.75. The molecular formula is C13H15F3O2. The van der Waals surface area contributed by atoms with E-state index in [1.54, 1.807) is 18.2 Å². The molecule has 0 fully saturated rings. The van der Waals surface area contributed by atoms with Crippen molar-refractivity contribution in [1.82, 2.24) is 0 Å². The van der Waals surface area contributed by atoms with Crippen molar-refractivity contribution >= 4 is 5.97 Å². The van der Waals surface area contributed by atoms with Crippen LogP contribution in [-0.2, 0) is 4.74 Å². The average molecular weight is 260 g/mol. The third-order valence-corrected chi connectivity index (χ3v) is 2.32. The van der Waals surface area contributed by atoms with Gasteiger partial charge in [0.2, 0.25) is 6.10 Å². The Bertz CT molecular complexity index is 390. The van der Waals surface area contributed by atoms with Crippen molar-refractivity contribution in [3.05, 3.63) is 35.9 Å². The summed E-state index contributed by atoms with van der Waals surface area (Å²) >= 11 is 0. The zero-order valence-electron chi connectivity index (χ0n) is 10.4. The molecule has 1 aromatic carbocycles. The van der Waals surface area contributed by atoms with Crippen LogP contribution in [0.5, 0.6) is 0 Å². The molecule has 0 spiro atoms. The van der Waals surface area contributed by atoms with E-state index in [9.17, 15) is 18.0 Å². The second-order valence-corrected chi connectivity index (χ2v) is 5.06. The lowest BCUT2D eigenvalue weighted by Crippen LogP contribution is -2.43. The number of hydrogen-bond donors (Lipinski definition) is 0. The van der Waals surface area contributed by atoms with Gasteiger partial charge in [0.25, 0.3) is 0 Å². The van der Waals surface area contributed by atoms with Gasteiger partial charge in [-0.15, -0.1) is 0 Å². The number of hydrogen-bond acceptors (Lipinski definition) is 2. The van der Waals surface area contributed by atoms with Gasteiger partial charge in [0, 0.05) is 5.41 Å². The first-order valence-electron chi connectivity index (χ1n) is 5.45. The van der Waals surface area contributed by atoms with Crippen LogP contribution in [0.15, 0.2) is 30.3 Å². The summed E-state index contributed by atoms with van der Waals surface area (Å²) in [6, 6.07) is 7.63. The van der Waals surface area contributed by atoms with Crippen LogP contribution in [0.25, 0.3) is 0 Å². The Kier molecular flexibility index (Phi) is 4.04. The topological polar surface area (TPSA) is 26.3 Å². The molecule has 0 heterocycles. The van der Waals surface area contributed by atoms with Crippen LogP contribution < -0.4 is 0 Å². The van der Waals surface area contributed by atoms with Crippen molar-refractivity contribution in [1.29, 1.82) is 0 Å². The van der Waals surface area contributed by atoms with Crippen LogP contribution in [0.4, 0.5) is 13.2 Å². The molecule has 0 bridgehead atoms. The van der Waals surface area contributed by atoms with Crippen molar-refractivity contribution in [3.8, 4) is 0 Å². The number of ether oxygens (including phenoxy) is 1. The minimum absolute atomic E-state index is 0.107. The van der Waals surface area contributed by atoms with E-state index in [4.69, 9.17) is 0 Å². The fourth-order valence-corrected chi connectivity index (χ4v) is 1.48. The summed E-state index contributed by atoms with van der Waals surface area (Å²) in [6.45, 7) is 4.14. The molecule has 18 heavy (non-hydrogen) atoms. The molecule has 5 heteroatoms. The molecule has 0 aliphatic rings. The van der Waals surface area contributed by atoms with Gasteiger partial charge in [-0.3, -0.25) is 0 Å². The maximum Gasteiger partial charge on any atom is 0.426 e. The molecule has 0 N–H and O–H groups in total. The van der Waals surface area contributed by atoms with Crippen molar-refractivity contribution in [2.75, 3.05) is 0 Å². The fourth-order valence-electron chi connectivity index (χ4n) is 1.48. The number of esters is 1. The molecule has 0 saturated heterocycles. The highest BCUT2D eigenvalue weighted by Gasteiger charge is 2.50. The molecule has 0 saturated carbocycles. The number of rotatable bonds is 2. The van der Waals surface area contributed by atoms with Crippen LogP contribution in [0.2, 0.25) is 0 Å². The fraction of sp³-hybridized carbons (Fsp3) is 0.462. The third-order valence-electron chi connectivity index (χ3n) is 2.32. The van der Waals surface area contributed by atoms with E-state index in [-0.39, 0.29) is 5.56 Å². The largest absolute Gasteiger partial charge is 0.449 e. The lowest BCUT2D eigenvalue weighted by molar-refractivity contribution is -0.231. The summed E-state index contributed by atoms with van der Waals surface area (Å²) in [7, 11) is 0. The van der Waals surface area contributed by atoms with E-state index >= 15 is 0 Å². The predicted molar refractivity (Wildman–Crippen MR) is 61.2 cm³/mol. The molecular weight excluding hydrogens is 245 g/mol. The molecule has 100 valence electrons. The lowest BCUT2D eigenvalue weighted by Gasteiger charge is -2.31. The zero-order chi connectivity index (χ0) is 14.0. The quantitative estimate of drug-likeness (QED) is 0.755. The van der Waals surface area contributed by atoms with Crippen molar-refractivity contribution in [2.24, 2.45) is 5.41 Å². The zero-order valence-corrected chi connectivity index (χ0v) is 10.4. The van der Waals surface area contributed by atoms with Crippen molar-refractivity contribution in [2.45, 2.75) is 33.1 Å². The molecule has 1 aromatic rings. The molecule has 2 nitrogen and oxygen atoms in total. The first-order valence-corrected chi connectivity index (χ1v) is 5.45. The van der Waals surface area contributed by atoms with Crippen LogP contribution >= 0.6 is 0 Å². The van der Waals surface area contributed by atoms with Gasteiger partial charge in [-0.1, -0.05) is 39.0 Å². The van der Waals surface area contributed by atoms with Crippen LogP contribution in [0, 0.1) is 5.41 Å². The summed E-state index contributed by atoms with van der Waals surface area (Å²) in [5.41, 5.74) is -1.10. The van der Waals surface area contributed by atoms with E-state index in [0.29, 0.717) is 0 Å². The second-order valence-electron chi connectivity index (χ2n) is 5.06. The van der Waals surface area contributed by atoms with E-state index in [1.807, 2.05) is 0 Å². The summed E-state index contributed by atoms with van der Waals surface area (Å²) in [5.74, 6) is -0.965. The molecule has 1 atom stereocenters. The van der Waals surface area contributed by atoms with E-state index < -0.39 is 23.7 Å². The maximum absolute atomic E-state index is 12.8. The van der Waals surface area contributed by atoms with E-state index in [1.165, 1.54) is 32.9 Å². The van der Waals surface area contributed by atoms with E-state index in [2.05, 4.69) is 4.74 Å². The number of carbonyl (C=O) groups excluding carboxylic acids is 1. The maximum atomic E-state index is 12.8. The monoisotopic (exact) mass is 260 g/mol. The molecule has 0 aliphatic carbocycles. The van der Waals surface area contributed by atoms with E-state index in [0.717, 1.165) is 0 Å². The van der Waals surface area contributed by atoms with Gasteiger partial charge in [-0.2, -0.15) is 13.2 Å². The number of carbonyl (C=O) groups is 1. The summed E-state index contributed by atoms with van der Waals surface area (Å²) in [6.07, 6.45) is -6.71. The average Bonchev–Trinajstić information content (AvgIpc) is 2.23. The molecule has 1 rings (SSSR count). The van der Waals surface area contributed by atoms with Crippen molar-refractivity contribution < 1.29 is 22.7 Å². The van der Waals surface area contributed by atoms with Gasteiger partial charge in [0.15, 0.2) is 0 Å². The number of alkyl halides is 3. The number of halogens is 3. The lowest BCUT2D eigenvalue weighted by atomic mass is 9.88. The molecule has 0 amide bonds. The summed E-state index contributed by atoms with van der Waals surface area (Å²) < 4.78 is 43.0. The highest BCUT2D eigenvalue weighted by Crippen LogP contribution is 2.36. The summed E-state index contributed by atoms with van der Waals surface area (Å²) in [4.78, 5) is 11.6. The molecule has 0 unspecified atom stereocenters. The number of benzene rings is 1. The minimum atomic E-state index is -4.58. The normalized spacial score (nSPS) is 14.1. The second kappa shape index (κ2) is 5.00. The van der Waals surface area contributed by atoms with Crippen LogP contribution in [-0.4, -0.2) is 18.2 Å². The highest BCUT2D eigenvalue weighted by molar-refractivity contribution is 5.89. The van der Waals surface area contributed by atoms with Crippen LogP contribution in [0.3, 0.4) is 0 Å². The Hall–Kier alpha value is -1.52. The first kappa shape index (κ1) is 14.5. The minimum Gasteiger partial charge on any atom is -0.449 e. The Morgan fingerprint density at radius 1 is 1.11 bits per heavy atom. The Morgan fingerprint density at radius 3 is 2.00 bits per heavy atom. The predicted octanol–water partition coefficient (Wildman–Crippen LogP) is 3.82. The van der Waals surface area contributed by atoms with Gasteiger partial charge >= 0.3 is 12.1 Å². The Labute approximate surface area is 104 Å².